The van der Waals surface area contributed by atoms with Crippen LogP contribution in [0.25, 0.3) is 16.4 Å². The van der Waals surface area contributed by atoms with Gasteiger partial charge in [0.1, 0.15) is 6.33 Å². The first-order valence-corrected chi connectivity index (χ1v) is 9.17. The van der Waals surface area contributed by atoms with Crippen LogP contribution in [0.2, 0.25) is 0 Å². The number of ether oxygens (including phenoxy) is 2. The maximum Gasteiger partial charge on any atom is 0.185 e. The monoisotopic (exact) mass is 427 g/mol. The molecule has 2 aromatic heterocycles. The first-order valence-electron chi connectivity index (χ1n) is 8.38. The molecule has 0 fully saturated rings. The summed E-state index contributed by atoms with van der Waals surface area (Å²) < 4.78 is 13.6. The highest BCUT2D eigenvalue weighted by molar-refractivity contribution is 9.10. The molecule has 0 unspecified atom stereocenters. The summed E-state index contributed by atoms with van der Waals surface area (Å²) in [6, 6.07) is 12.0. The van der Waals surface area contributed by atoms with Crippen LogP contribution in [0.4, 0.5) is 5.82 Å². The third-order valence-corrected chi connectivity index (χ3v) is 4.95. The van der Waals surface area contributed by atoms with Gasteiger partial charge in [0.2, 0.25) is 0 Å². The molecule has 2 aromatic carbocycles. The van der Waals surface area contributed by atoms with Crippen LogP contribution in [0, 0.1) is 0 Å². The Morgan fingerprint density at radius 1 is 1.07 bits per heavy atom. The van der Waals surface area contributed by atoms with Gasteiger partial charge in [-0.3, -0.25) is 0 Å². The third-order valence-electron chi connectivity index (χ3n) is 4.46. The van der Waals surface area contributed by atoms with Crippen molar-refractivity contribution in [2.24, 2.45) is 0 Å². The van der Waals surface area contributed by atoms with Crippen molar-refractivity contribution in [1.82, 2.24) is 19.8 Å². The van der Waals surface area contributed by atoms with E-state index >= 15 is 0 Å². The lowest BCUT2D eigenvalue weighted by atomic mass is 10.1. The van der Waals surface area contributed by atoms with E-state index in [9.17, 15) is 0 Å². The second-order valence-electron chi connectivity index (χ2n) is 6.12. The fourth-order valence-corrected chi connectivity index (χ4v) is 3.49. The molecule has 0 aliphatic heterocycles. The van der Waals surface area contributed by atoms with Crippen LogP contribution in [0.5, 0.6) is 11.5 Å². The van der Waals surface area contributed by atoms with Crippen LogP contribution >= 0.6 is 15.9 Å². The number of nitrogens with one attached hydrogen (secondary N) is 1. The molecule has 0 bridgehead atoms. The summed E-state index contributed by atoms with van der Waals surface area (Å²) in [5.41, 5.74) is 1.80. The largest absolute Gasteiger partial charge is 0.493 e. The second-order valence-corrected chi connectivity index (χ2v) is 7.04. The van der Waals surface area contributed by atoms with Crippen molar-refractivity contribution >= 4 is 38.2 Å². The number of hydrogen-bond acceptors (Lipinski definition) is 6. The lowest BCUT2D eigenvalue weighted by molar-refractivity contribution is 0.356. The quantitative estimate of drug-likeness (QED) is 0.513. The Labute approximate surface area is 164 Å². The van der Waals surface area contributed by atoms with E-state index in [0.717, 1.165) is 20.8 Å². The molecular formula is C19H18BrN5O2. The van der Waals surface area contributed by atoms with Crippen LogP contribution in [-0.2, 0) is 0 Å². The Hall–Kier alpha value is -2.87. The topological polar surface area (TPSA) is 73.6 Å². The molecule has 1 atom stereocenters. The van der Waals surface area contributed by atoms with Crippen LogP contribution in [0.15, 0.2) is 47.2 Å². The minimum atomic E-state index is 0.0419. The maximum atomic E-state index is 5.47. The Balaban J connectivity index is 1.87. The van der Waals surface area contributed by atoms with Crippen molar-refractivity contribution in [2.75, 3.05) is 19.5 Å². The van der Waals surface area contributed by atoms with E-state index < -0.39 is 0 Å². The number of hydrogen-bond donors (Lipinski definition) is 1. The van der Waals surface area contributed by atoms with Crippen molar-refractivity contribution in [2.45, 2.75) is 13.0 Å². The summed E-state index contributed by atoms with van der Waals surface area (Å²) in [4.78, 5) is 0. The van der Waals surface area contributed by atoms with Crippen molar-refractivity contribution in [3.05, 3.63) is 52.8 Å². The highest BCUT2D eigenvalue weighted by atomic mass is 79.9. The summed E-state index contributed by atoms with van der Waals surface area (Å²) in [5.74, 6) is 1.98. The van der Waals surface area contributed by atoms with Gasteiger partial charge < -0.3 is 14.8 Å². The zero-order valence-electron chi connectivity index (χ0n) is 15.1. The fraction of sp³-hybridized carbons (Fsp3) is 0.211. The highest BCUT2D eigenvalue weighted by Gasteiger charge is 2.17. The second kappa shape index (κ2) is 7.03. The zero-order chi connectivity index (χ0) is 19.0. The first kappa shape index (κ1) is 17.5. The molecule has 7 nitrogen and oxygen atoms in total. The maximum absolute atomic E-state index is 5.47. The summed E-state index contributed by atoms with van der Waals surface area (Å²) in [7, 11) is 3.23. The first-order chi connectivity index (χ1) is 13.1. The highest BCUT2D eigenvalue weighted by Crippen LogP contribution is 2.37. The molecule has 4 aromatic rings. The Morgan fingerprint density at radius 3 is 2.52 bits per heavy atom. The normalized spacial score (nSPS) is 12.3. The van der Waals surface area contributed by atoms with Crippen molar-refractivity contribution in [1.29, 1.82) is 0 Å². The smallest absolute Gasteiger partial charge is 0.185 e. The number of fused-ring (bicyclic) bond motifs is 3. The van der Waals surface area contributed by atoms with Crippen LogP contribution in [0.1, 0.15) is 18.5 Å². The number of rotatable bonds is 5. The molecule has 0 radical (unpaired) electrons. The van der Waals surface area contributed by atoms with Gasteiger partial charge in [-0.2, -0.15) is 4.52 Å². The number of methoxy groups -OCH3 is 2. The molecule has 2 heterocycles. The van der Waals surface area contributed by atoms with E-state index in [2.05, 4.69) is 55.6 Å². The van der Waals surface area contributed by atoms with Crippen LogP contribution < -0.4 is 14.8 Å². The number of nitrogens with zero attached hydrogens (tertiary/aromatic N) is 4. The van der Waals surface area contributed by atoms with E-state index in [1.807, 2.05) is 24.3 Å². The van der Waals surface area contributed by atoms with E-state index in [0.29, 0.717) is 23.0 Å². The van der Waals surface area contributed by atoms with E-state index in [4.69, 9.17) is 9.47 Å². The van der Waals surface area contributed by atoms with E-state index in [1.165, 1.54) is 0 Å². The molecule has 138 valence electrons. The van der Waals surface area contributed by atoms with E-state index in [1.54, 1.807) is 25.1 Å². The molecule has 0 aliphatic carbocycles. The predicted octanol–water partition coefficient (Wildman–Crippen LogP) is 4.23. The molecule has 27 heavy (non-hydrogen) atoms. The van der Waals surface area contributed by atoms with Gasteiger partial charge in [0.15, 0.2) is 23.0 Å². The summed E-state index contributed by atoms with van der Waals surface area (Å²) in [6.07, 6.45) is 1.58. The van der Waals surface area contributed by atoms with Crippen molar-refractivity contribution < 1.29 is 9.47 Å². The Morgan fingerprint density at radius 2 is 1.81 bits per heavy atom. The molecule has 8 heteroatoms. The molecule has 0 saturated carbocycles. The van der Waals surface area contributed by atoms with Gasteiger partial charge in [-0.25, -0.2) is 0 Å². The standard InChI is InChI=1S/C19H18BrN5O2/c1-11(12-5-4-6-13(20)7-12)22-18-14-8-16(26-2)17(27-3)9-15(14)19-23-21-10-25(19)24-18/h4-11H,1-3H3,(H,22,24)/t11-/m1/s1. The average Bonchev–Trinajstić information content (AvgIpc) is 3.15. The van der Waals surface area contributed by atoms with E-state index in [-0.39, 0.29) is 6.04 Å². The van der Waals surface area contributed by atoms with Gasteiger partial charge in [-0.15, -0.1) is 15.3 Å². The summed E-state index contributed by atoms with van der Waals surface area (Å²) >= 11 is 3.52. The Kier molecular flexibility index (Phi) is 4.57. The molecule has 4 rings (SSSR count). The predicted molar refractivity (Wildman–Crippen MR) is 108 cm³/mol. The third kappa shape index (κ3) is 3.16. The number of benzene rings is 2. The molecule has 0 spiro atoms. The average molecular weight is 428 g/mol. The molecule has 0 saturated heterocycles. The van der Waals surface area contributed by atoms with Gasteiger partial charge >= 0.3 is 0 Å². The van der Waals surface area contributed by atoms with Crippen LogP contribution in [0.3, 0.4) is 0 Å². The van der Waals surface area contributed by atoms with Gasteiger partial charge in [-0.1, -0.05) is 28.1 Å². The molecule has 0 aliphatic rings. The summed E-state index contributed by atoms with van der Waals surface area (Å²) in [5, 5.41) is 18.1. The Bertz CT molecular complexity index is 1130. The number of aromatic nitrogens is 4. The number of anilines is 1. The SMILES string of the molecule is COc1cc2c(N[C@H](C)c3cccc(Br)c3)nn3cnnc3c2cc1OC. The molecule has 1 N–H and O–H groups in total. The molecular weight excluding hydrogens is 410 g/mol. The van der Waals surface area contributed by atoms with Gasteiger partial charge in [0, 0.05) is 15.2 Å². The fourth-order valence-electron chi connectivity index (χ4n) is 3.07. The van der Waals surface area contributed by atoms with Crippen molar-refractivity contribution in [3.8, 4) is 11.5 Å². The lowest BCUT2D eigenvalue weighted by Crippen LogP contribution is -2.10. The minimum absolute atomic E-state index is 0.0419. The van der Waals surface area contributed by atoms with Crippen LogP contribution in [-0.4, -0.2) is 34.0 Å². The minimum Gasteiger partial charge on any atom is -0.493 e. The molecule has 0 amide bonds. The zero-order valence-corrected chi connectivity index (χ0v) is 16.7. The lowest BCUT2D eigenvalue weighted by Gasteiger charge is -2.18. The van der Waals surface area contributed by atoms with Gasteiger partial charge in [0.25, 0.3) is 0 Å². The summed E-state index contributed by atoms with van der Waals surface area (Å²) in [6.45, 7) is 2.09. The van der Waals surface area contributed by atoms with Gasteiger partial charge in [-0.05, 0) is 36.8 Å². The number of halogens is 1. The van der Waals surface area contributed by atoms with Gasteiger partial charge in [0.05, 0.1) is 20.3 Å². The van der Waals surface area contributed by atoms with Crippen molar-refractivity contribution in [3.63, 3.8) is 0 Å².